The van der Waals surface area contributed by atoms with E-state index in [0.717, 1.165) is 5.56 Å². The number of urea groups is 1. The number of nitrogens with zero attached hydrogens (tertiary/aromatic N) is 1. The Labute approximate surface area is 172 Å². The molecule has 1 aromatic carbocycles. The Morgan fingerprint density at radius 3 is 2.45 bits per heavy atom. The summed E-state index contributed by atoms with van der Waals surface area (Å²) >= 11 is 0. The van der Waals surface area contributed by atoms with Crippen molar-refractivity contribution in [2.75, 3.05) is 47.6 Å². The topological polar surface area (TPSA) is 89.1 Å². The fourth-order valence-electron chi connectivity index (χ4n) is 3.56. The van der Waals surface area contributed by atoms with Gasteiger partial charge in [-0.2, -0.15) is 0 Å². The number of carbonyl (C=O) groups excluding carboxylic acids is 2. The summed E-state index contributed by atoms with van der Waals surface area (Å²) in [6.07, 6.45) is 0. The first-order valence-electron chi connectivity index (χ1n) is 9.76. The number of methoxy groups -OCH3 is 3. The first-order valence-corrected chi connectivity index (χ1v) is 9.76. The molecule has 162 valence electrons. The van der Waals surface area contributed by atoms with Crippen LogP contribution in [0.5, 0.6) is 11.5 Å². The molecule has 1 aromatic rings. The van der Waals surface area contributed by atoms with E-state index in [2.05, 4.69) is 10.6 Å². The van der Waals surface area contributed by atoms with Crippen molar-refractivity contribution in [2.24, 2.45) is 5.92 Å². The molecule has 2 N–H and O–H groups in total. The van der Waals surface area contributed by atoms with Crippen molar-refractivity contribution in [3.05, 3.63) is 23.8 Å². The number of rotatable bonds is 7. The summed E-state index contributed by atoms with van der Waals surface area (Å²) in [5.41, 5.74) is 0.490. The van der Waals surface area contributed by atoms with Gasteiger partial charge in [-0.25, -0.2) is 4.79 Å². The minimum absolute atomic E-state index is 0.108. The molecule has 3 amide bonds. The molecule has 0 aliphatic carbocycles. The molecule has 2 atom stereocenters. The van der Waals surface area contributed by atoms with E-state index in [1.165, 1.54) is 0 Å². The fraction of sp³-hybridized carbons (Fsp3) is 0.619. The van der Waals surface area contributed by atoms with Gasteiger partial charge in [0.2, 0.25) is 5.91 Å². The molecular weight excluding hydrogens is 374 g/mol. The summed E-state index contributed by atoms with van der Waals surface area (Å²) in [5, 5.41) is 5.88. The van der Waals surface area contributed by atoms with E-state index in [1.54, 1.807) is 26.2 Å². The van der Waals surface area contributed by atoms with Crippen molar-refractivity contribution in [2.45, 2.75) is 32.2 Å². The van der Waals surface area contributed by atoms with Gasteiger partial charge in [0.25, 0.3) is 0 Å². The number of benzene rings is 1. The smallest absolute Gasteiger partial charge is 0.317 e. The Bertz CT molecular complexity index is 717. The zero-order valence-electron chi connectivity index (χ0n) is 18.2. The maximum atomic E-state index is 12.9. The third kappa shape index (κ3) is 5.76. The summed E-state index contributed by atoms with van der Waals surface area (Å²) in [7, 11) is 4.74. The maximum absolute atomic E-state index is 12.9. The van der Waals surface area contributed by atoms with E-state index in [0.29, 0.717) is 37.7 Å². The zero-order chi connectivity index (χ0) is 21.6. The van der Waals surface area contributed by atoms with Crippen LogP contribution in [0.3, 0.4) is 0 Å². The first-order chi connectivity index (χ1) is 13.7. The number of hydrogen-bond donors (Lipinski definition) is 2. The molecule has 1 aliphatic rings. The molecule has 1 heterocycles. The summed E-state index contributed by atoms with van der Waals surface area (Å²) < 4.78 is 16.0. The van der Waals surface area contributed by atoms with Gasteiger partial charge in [0.05, 0.1) is 26.7 Å². The normalized spacial score (nSPS) is 19.0. The average Bonchev–Trinajstić information content (AvgIpc) is 3.11. The summed E-state index contributed by atoms with van der Waals surface area (Å²) in [6, 6.07) is 5.42. The third-order valence-corrected chi connectivity index (χ3v) is 4.86. The Kier molecular flexibility index (Phi) is 7.73. The van der Waals surface area contributed by atoms with Gasteiger partial charge in [-0.15, -0.1) is 0 Å². The van der Waals surface area contributed by atoms with Gasteiger partial charge >= 0.3 is 6.03 Å². The average molecular weight is 408 g/mol. The summed E-state index contributed by atoms with van der Waals surface area (Å²) in [4.78, 5) is 27.4. The van der Waals surface area contributed by atoms with Crippen molar-refractivity contribution in [3.8, 4) is 11.5 Å². The van der Waals surface area contributed by atoms with Crippen LogP contribution in [0.1, 0.15) is 32.3 Å². The lowest BCUT2D eigenvalue weighted by atomic mass is 9.87. The Morgan fingerprint density at radius 1 is 1.14 bits per heavy atom. The zero-order valence-corrected chi connectivity index (χ0v) is 18.2. The Balaban J connectivity index is 2.33. The highest BCUT2D eigenvalue weighted by atomic mass is 16.5. The van der Waals surface area contributed by atoms with E-state index in [9.17, 15) is 9.59 Å². The van der Waals surface area contributed by atoms with Gasteiger partial charge in [0.15, 0.2) is 11.5 Å². The molecule has 0 radical (unpaired) electrons. The van der Waals surface area contributed by atoms with E-state index < -0.39 is 5.92 Å². The van der Waals surface area contributed by atoms with Crippen LogP contribution in [0.2, 0.25) is 0 Å². The Morgan fingerprint density at radius 2 is 1.86 bits per heavy atom. The van der Waals surface area contributed by atoms with Crippen molar-refractivity contribution in [1.82, 2.24) is 15.5 Å². The quantitative estimate of drug-likeness (QED) is 0.675. The van der Waals surface area contributed by atoms with Crippen LogP contribution in [-0.4, -0.2) is 69.9 Å². The van der Waals surface area contributed by atoms with Crippen molar-refractivity contribution in [3.63, 3.8) is 0 Å². The molecule has 0 bridgehead atoms. The van der Waals surface area contributed by atoms with Gasteiger partial charge in [0, 0.05) is 43.8 Å². The molecular formula is C21H33N3O5. The minimum Gasteiger partial charge on any atom is -0.493 e. The van der Waals surface area contributed by atoms with Crippen LogP contribution in [-0.2, 0) is 9.53 Å². The highest BCUT2D eigenvalue weighted by Gasteiger charge is 2.42. The second-order valence-electron chi connectivity index (χ2n) is 8.16. The lowest BCUT2D eigenvalue weighted by Crippen LogP contribution is -2.48. The molecule has 1 fully saturated rings. The maximum Gasteiger partial charge on any atom is 0.317 e. The number of amides is 3. The van der Waals surface area contributed by atoms with Crippen LogP contribution in [0.15, 0.2) is 18.2 Å². The predicted octanol–water partition coefficient (Wildman–Crippen LogP) is 1.99. The van der Waals surface area contributed by atoms with Crippen LogP contribution in [0.4, 0.5) is 4.79 Å². The highest BCUT2D eigenvalue weighted by Crippen LogP contribution is 2.42. The van der Waals surface area contributed by atoms with E-state index in [4.69, 9.17) is 14.2 Å². The van der Waals surface area contributed by atoms with Gasteiger partial charge in [-0.1, -0.05) is 12.1 Å². The van der Waals surface area contributed by atoms with Crippen LogP contribution >= 0.6 is 0 Å². The molecule has 8 nitrogen and oxygen atoms in total. The molecule has 8 heteroatoms. The molecule has 0 spiro atoms. The van der Waals surface area contributed by atoms with Gasteiger partial charge in [0.1, 0.15) is 0 Å². The number of ether oxygens (including phenoxy) is 3. The van der Waals surface area contributed by atoms with Crippen LogP contribution in [0, 0.1) is 5.92 Å². The van der Waals surface area contributed by atoms with E-state index in [1.807, 2.05) is 39.0 Å². The molecule has 1 aliphatic heterocycles. The number of nitrogens with one attached hydrogen (secondary N) is 2. The Hall–Kier alpha value is -2.48. The number of carbonyl (C=O) groups is 2. The molecule has 29 heavy (non-hydrogen) atoms. The van der Waals surface area contributed by atoms with Gasteiger partial charge < -0.3 is 29.7 Å². The molecule has 2 rings (SSSR count). The second-order valence-corrected chi connectivity index (χ2v) is 8.16. The number of para-hydroxylation sites is 1. The standard InChI is InChI=1S/C21H33N3O5/c1-21(2,3)23-20(26)24-12-15(16(13-24)19(25)22-10-11-27-4)14-8-7-9-17(28-5)18(14)29-6/h7-9,15-16H,10-13H2,1-6H3,(H,22,25)(H,23,26)/t15-,16-/m0/s1. The first kappa shape index (κ1) is 22.8. The molecule has 1 saturated heterocycles. The third-order valence-electron chi connectivity index (χ3n) is 4.86. The monoisotopic (exact) mass is 407 g/mol. The predicted molar refractivity (Wildman–Crippen MR) is 111 cm³/mol. The van der Waals surface area contributed by atoms with Crippen molar-refractivity contribution in [1.29, 1.82) is 0 Å². The molecule has 0 saturated carbocycles. The minimum atomic E-state index is -0.404. The van der Waals surface area contributed by atoms with E-state index in [-0.39, 0.29) is 23.4 Å². The molecule has 0 unspecified atom stereocenters. The van der Waals surface area contributed by atoms with Gasteiger partial charge in [-0.3, -0.25) is 4.79 Å². The van der Waals surface area contributed by atoms with Gasteiger partial charge in [-0.05, 0) is 26.8 Å². The lowest BCUT2D eigenvalue weighted by Gasteiger charge is -2.25. The number of likely N-dealkylation sites (tertiary alicyclic amines) is 1. The van der Waals surface area contributed by atoms with Crippen LogP contribution < -0.4 is 20.1 Å². The second kappa shape index (κ2) is 9.82. The number of hydrogen-bond acceptors (Lipinski definition) is 5. The van der Waals surface area contributed by atoms with E-state index >= 15 is 0 Å². The summed E-state index contributed by atoms with van der Waals surface area (Å²) in [6.45, 7) is 7.37. The SMILES string of the molecule is COCCNC(=O)[C@H]1CN(C(=O)NC(C)(C)C)C[C@H]1c1cccc(OC)c1OC. The van der Waals surface area contributed by atoms with Crippen molar-refractivity contribution < 1.29 is 23.8 Å². The summed E-state index contributed by atoms with van der Waals surface area (Å²) in [5.74, 6) is 0.462. The fourth-order valence-corrected chi connectivity index (χ4v) is 3.56. The highest BCUT2D eigenvalue weighted by molar-refractivity contribution is 5.83. The molecule has 0 aromatic heterocycles. The van der Waals surface area contributed by atoms with Crippen LogP contribution in [0.25, 0.3) is 0 Å². The van der Waals surface area contributed by atoms with Crippen molar-refractivity contribution >= 4 is 11.9 Å². The lowest BCUT2D eigenvalue weighted by molar-refractivity contribution is -0.125. The largest absolute Gasteiger partial charge is 0.493 e.